The van der Waals surface area contributed by atoms with Crippen LogP contribution in [0.25, 0.3) is 0 Å². The van der Waals surface area contributed by atoms with Crippen LogP contribution in [0.1, 0.15) is 47.4 Å². The van der Waals surface area contributed by atoms with Crippen molar-refractivity contribution in [2.45, 2.75) is 37.3 Å². The Balaban J connectivity index is 0.00000169. The summed E-state index contributed by atoms with van der Waals surface area (Å²) in [5.41, 5.74) is 5.98. The van der Waals surface area contributed by atoms with Gasteiger partial charge in [-0.15, -0.1) is 12.4 Å². The van der Waals surface area contributed by atoms with E-state index in [4.69, 9.17) is 4.74 Å². The number of hydrogen-bond donors (Lipinski definition) is 0. The summed E-state index contributed by atoms with van der Waals surface area (Å²) in [6.07, 6.45) is 1.41. The minimum absolute atomic E-state index is 0. The lowest BCUT2D eigenvalue weighted by molar-refractivity contribution is -0.000576. The molecule has 0 saturated heterocycles. The summed E-state index contributed by atoms with van der Waals surface area (Å²) < 4.78 is 6.41. The molecule has 0 saturated carbocycles. The summed E-state index contributed by atoms with van der Waals surface area (Å²) in [6, 6.07) is 18.3. The highest BCUT2D eigenvalue weighted by Crippen LogP contribution is 2.53. The van der Waals surface area contributed by atoms with E-state index in [9.17, 15) is 0 Å². The van der Waals surface area contributed by atoms with Crippen LogP contribution in [0.3, 0.4) is 0 Å². The van der Waals surface area contributed by atoms with E-state index in [0.717, 1.165) is 13.0 Å². The highest BCUT2D eigenvalue weighted by atomic mass is 35.5. The average molecular weight is 344 g/mol. The summed E-state index contributed by atoms with van der Waals surface area (Å²) in [6.45, 7) is 3.02. The van der Waals surface area contributed by atoms with E-state index in [2.05, 4.69) is 74.4 Å². The van der Waals surface area contributed by atoms with E-state index < -0.39 is 0 Å². The number of likely N-dealkylation sites (N-methyl/N-ethyl adjacent to an activating group) is 1. The lowest BCUT2D eigenvalue weighted by atomic mass is 9.62. The molecule has 2 aromatic rings. The first-order valence-corrected chi connectivity index (χ1v) is 8.62. The number of fused-ring (bicyclic) bond motifs is 1. The van der Waals surface area contributed by atoms with E-state index >= 15 is 0 Å². The number of rotatable bonds is 4. The molecular weight excluding hydrogens is 318 g/mol. The van der Waals surface area contributed by atoms with Crippen molar-refractivity contribution in [3.05, 3.63) is 70.8 Å². The quantitative estimate of drug-likeness (QED) is 0.814. The van der Waals surface area contributed by atoms with E-state index in [0.29, 0.717) is 24.0 Å². The van der Waals surface area contributed by atoms with Crippen LogP contribution in [-0.4, -0.2) is 37.7 Å². The Hall–Kier alpha value is -1.35. The molecule has 0 radical (unpaired) electrons. The predicted molar refractivity (Wildman–Crippen MR) is 101 cm³/mol. The average Bonchev–Trinajstić information content (AvgIpc) is 2.59. The lowest BCUT2D eigenvalue weighted by Crippen LogP contribution is -2.40. The standard InChI is InChI=1S/C21H25NO.ClH/c1-14(22(2)3)13-23-20-12-19-15-8-4-6-10-17(15)21(20)18-11-7-5-9-16(18)19;/h4-11,14,19-21H,12-13H2,1-3H3;1H. The summed E-state index contributed by atoms with van der Waals surface area (Å²) in [5, 5.41) is 0. The zero-order valence-electron chi connectivity index (χ0n) is 14.6. The summed E-state index contributed by atoms with van der Waals surface area (Å²) >= 11 is 0. The van der Waals surface area contributed by atoms with Crippen molar-refractivity contribution < 1.29 is 4.74 Å². The normalized spacial score (nSPS) is 24.9. The molecule has 2 atom stereocenters. The molecule has 0 heterocycles. The molecule has 2 bridgehead atoms. The highest BCUT2D eigenvalue weighted by molar-refractivity contribution is 5.85. The van der Waals surface area contributed by atoms with Gasteiger partial charge >= 0.3 is 0 Å². The maximum absolute atomic E-state index is 6.41. The van der Waals surface area contributed by atoms with Crippen molar-refractivity contribution in [2.24, 2.45) is 0 Å². The van der Waals surface area contributed by atoms with Crippen LogP contribution < -0.4 is 0 Å². The van der Waals surface area contributed by atoms with Crippen molar-refractivity contribution in [3.8, 4) is 0 Å². The van der Waals surface area contributed by atoms with Crippen molar-refractivity contribution in [1.29, 1.82) is 0 Å². The van der Waals surface area contributed by atoms with Gasteiger partial charge in [-0.3, -0.25) is 0 Å². The fourth-order valence-corrected chi connectivity index (χ4v) is 4.16. The Morgan fingerprint density at radius 3 is 1.96 bits per heavy atom. The number of nitrogens with zero attached hydrogens (tertiary/aromatic N) is 1. The molecule has 0 aromatic heterocycles. The molecule has 0 aliphatic heterocycles. The molecule has 2 nitrogen and oxygen atoms in total. The van der Waals surface area contributed by atoms with Gasteiger partial charge in [-0.2, -0.15) is 0 Å². The Labute approximate surface area is 151 Å². The van der Waals surface area contributed by atoms with Gasteiger partial charge < -0.3 is 9.64 Å². The van der Waals surface area contributed by atoms with Gasteiger partial charge in [-0.1, -0.05) is 48.5 Å². The van der Waals surface area contributed by atoms with E-state index in [1.807, 2.05) is 0 Å². The molecule has 3 aliphatic carbocycles. The molecule has 3 aliphatic rings. The zero-order chi connectivity index (χ0) is 16.0. The fraction of sp³-hybridized carbons (Fsp3) is 0.429. The number of hydrogen-bond acceptors (Lipinski definition) is 2. The first-order chi connectivity index (χ1) is 11.2. The molecule has 5 rings (SSSR count). The van der Waals surface area contributed by atoms with Crippen LogP contribution in [0.15, 0.2) is 48.5 Å². The second kappa shape index (κ2) is 6.87. The van der Waals surface area contributed by atoms with Gasteiger partial charge in [0.25, 0.3) is 0 Å². The maximum atomic E-state index is 6.41. The Kier molecular flexibility index (Phi) is 5.00. The molecule has 0 fully saturated rings. The van der Waals surface area contributed by atoms with Gasteiger partial charge in [0.1, 0.15) is 0 Å². The van der Waals surface area contributed by atoms with Crippen molar-refractivity contribution >= 4 is 12.4 Å². The molecule has 0 N–H and O–H groups in total. The smallest absolute Gasteiger partial charge is 0.0694 e. The molecular formula is C21H26ClNO. The van der Waals surface area contributed by atoms with Crippen LogP contribution >= 0.6 is 12.4 Å². The Morgan fingerprint density at radius 2 is 1.46 bits per heavy atom. The minimum atomic E-state index is 0. The summed E-state index contributed by atoms with van der Waals surface area (Å²) in [7, 11) is 4.23. The Morgan fingerprint density at radius 1 is 0.958 bits per heavy atom. The molecule has 0 amide bonds. The highest BCUT2D eigenvalue weighted by Gasteiger charge is 2.43. The largest absolute Gasteiger partial charge is 0.376 e. The summed E-state index contributed by atoms with van der Waals surface area (Å²) in [5.74, 6) is 0.883. The van der Waals surface area contributed by atoms with E-state index in [-0.39, 0.29) is 12.4 Å². The second-order valence-corrected chi connectivity index (χ2v) is 7.21. The molecule has 2 aromatic carbocycles. The van der Waals surface area contributed by atoms with Crippen molar-refractivity contribution in [3.63, 3.8) is 0 Å². The van der Waals surface area contributed by atoms with Crippen LogP contribution in [-0.2, 0) is 4.74 Å². The van der Waals surface area contributed by atoms with Crippen LogP contribution in [0.5, 0.6) is 0 Å². The Bertz CT molecular complexity index is 667. The molecule has 2 unspecified atom stereocenters. The van der Waals surface area contributed by atoms with Gasteiger partial charge in [0.05, 0.1) is 12.7 Å². The van der Waals surface area contributed by atoms with Crippen molar-refractivity contribution in [2.75, 3.05) is 20.7 Å². The number of ether oxygens (including phenoxy) is 1. The van der Waals surface area contributed by atoms with Crippen LogP contribution in [0.2, 0.25) is 0 Å². The predicted octanol–water partition coefficient (Wildman–Crippen LogP) is 4.42. The van der Waals surface area contributed by atoms with Gasteiger partial charge in [0, 0.05) is 17.9 Å². The van der Waals surface area contributed by atoms with Gasteiger partial charge in [-0.05, 0) is 49.7 Å². The maximum Gasteiger partial charge on any atom is 0.0694 e. The first-order valence-electron chi connectivity index (χ1n) is 8.62. The van der Waals surface area contributed by atoms with Crippen LogP contribution in [0, 0.1) is 0 Å². The van der Waals surface area contributed by atoms with E-state index in [1.54, 1.807) is 0 Å². The zero-order valence-corrected chi connectivity index (χ0v) is 15.4. The third-order valence-electron chi connectivity index (χ3n) is 5.69. The van der Waals surface area contributed by atoms with E-state index in [1.165, 1.54) is 22.3 Å². The topological polar surface area (TPSA) is 12.5 Å². The van der Waals surface area contributed by atoms with Crippen LogP contribution in [0.4, 0.5) is 0 Å². The molecule has 3 heteroatoms. The number of halogens is 1. The first kappa shape index (κ1) is 17.5. The minimum Gasteiger partial charge on any atom is -0.376 e. The third kappa shape index (κ3) is 2.77. The molecule has 128 valence electrons. The second-order valence-electron chi connectivity index (χ2n) is 7.21. The third-order valence-corrected chi connectivity index (χ3v) is 5.69. The fourth-order valence-electron chi connectivity index (χ4n) is 4.16. The monoisotopic (exact) mass is 343 g/mol. The van der Waals surface area contributed by atoms with Gasteiger partial charge in [0.2, 0.25) is 0 Å². The van der Waals surface area contributed by atoms with Crippen molar-refractivity contribution in [1.82, 2.24) is 4.90 Å². The van der Waals surface area contributed by atoms with Gasteiger partial charge in [0.15, 0.2) is 0 Å². The summed E-state index contributed by atoms with van der Waals surface area (Å²) in [4.78, 5) is 2.23. The number of benzene rings is 2. The SMILES string of the molecule is CC(COC1CC2c3ccccc3C1c1ccccc12)N(C)C.Cl. The lowest BCUT2D eigenvalue weighted by Gasteiger charge is -2.45. The molecule has 24 heavy (non-hydrogen) atoms. The molecule has 0 spiro atoms. The van der Waals surface area contributed by atoms with Gasteiger partial charge in [-0.25, -0.2) is 0 Å².